The molecule has 1 aliphatic carbocycles. The van der Waals surface area contributed by atoms with Gasteiger partial charge in [0.25, 0.3) is 0 Å². The minimum Gasteiger partial charge on any atom is -0.495 e. The number of methoxy groups -OCH3 is 1. The van der Waals surface area contributed by atoms with Gasteiger partial charge in [-0.3, -0.25) is 0 Å². The molecule has 1 aromatic carbocycles. The molecule has 0 amide bonds. The zero-order valence-corrected chi connectivity index (χ0v) is 8.97. The van der Waals surface area contributed by atoms with Crippen LogP contribution in [0.2, 0.25) is 5.02 Å². The number of benzene rings is 1. The predicted molar refractivity (Wildman–Crippen MR) is 58.0 cm³/mol. The minimum absolute atomic E-state index is 0.284. The van der Waals surface area contributed by atoms with E-state index in [2.05, 4.69) is 6.07 Å². The predicted octanol–water partition coefficient (Wildman–Crippen LogP) is 2.16. The van der Waals surface area contributed by atoms with Gasteiger partial charge in [-0.05, 0) is 36.5 Å². The molecule has 14 heavy (non-hydrogen) atoms. The van der Waals surface area contributed by atoms with Crippen LogP contribution in [0.15, 0.2) is 12.1 Å². The van der Waals surface area contributed by atoms with Gasteiger partial charge in [-0.15, -0.1) is 0 Å². The summed E-state index contributed by atoms with van der Waals surface area (Å²) in [6, 6.07) is 4.27. The lowest BCUT2D eigenvalue weighted by molar-refractivity contribution is 0.413. The van der Waals surface area contributed by atoms with E-state index >= 15 is 0 Å². The molecule has 0 bridgehead atoms. The van der Waals surface area contributed by atoms with Crippen molar-refractivity contribution in [2.24, 2.45) is 5.73 Å². The van der Waals surface area contributed by atoms with E-state index in [1.54, 1.807) is 7.11 Å². The van der Waals surface area contributed by atoms with Crippen LogP contribution in [0.3, 0.4) is 0 Å². The third-order valence-corrected chi connectivity index (χ3v) is 3.19. The number of hydrogen-bond acceptors (Lipinski definition) is 2. The van der Waals surface area contributed by atoms with Crippen molar-refractivity contribution in [3.8, 4) is 5.75 Å². The van der Waals surface area contributed by atoms with E-state index in [0.29, 0.717) is 0 Å². The van der Waals surface area contributed by atoms with Crippen LogP contribution in [0, 0.1) is 0 Å². The molecule has 0 aromatic heterocycles. The molecule has 1 atom stereocenters. The first kappa shape index (κ1) is 9.81. The maximum atomic E-state index is 6.21. The van der Waals surface area contributed by atoms with E-state index in [4.69, 9.17) is 22.1 Å². The zero-order valence-electron chi connectivity index (χ0n) is 8.22. The molecule has 2 N–H and O–H groups in total. The topological polar surface area (TPSA) is 35.2 Å². The Morgan fingerprint density at radius 2 is 2.29 bits per heavy atom. The Labute approximate surface area is 89.0 Å². The molecule has 0 heterocycles. The average Bonchev–Trinajstić information content (AvgIpc) is 2.18. The molecule has 0 fully saturated rings. The summed E-state index contributed by atoms with van der Waals surface area (Å²) in [4.78, 5) is 0. The van der Waals surface area contributed by atoms with Gasteiger partial charge < -0.3 is 10.5 Å². The summed E-state index contributed by atoms with van der Waals surface area (Å²) in [5, 5.41) is 0.761. The molecule has 1 aliphatic rings. The third-order valence-electron chi connectivity index (χ3n) is 2.77. The Balaban J connectivity index is 2.43. The molecule has 0 saturated carbocycles. The average molecular weight is 212 g/mol. The lowest BCUT2D eigenvalue weighted by Gasteiger charge is -2.23. The molecule has 76 valence electrons. The zero-order chi connectivity index (χ0) is 10.1. The first-order valence-electron chi connectivity index (χ1n) is 4.82. The maximum absolute atomic E-state index is 6.21. The van der Waals surface area contributed by atoms with Gasteiger partial charge in [-0.25, -0.2) is 0 Å². The number of rotatable bonds is 1. The van der Waals surface area contributed by atoms with Crippen LogP contribution in [0.5, 0.6) is 5.75 Å². The van der Waals surface area contributed by atoms with Crippen molar-refractivity contribution in [3.63, 3.8) is 0 Å². The van der Waals surface area contributed by atoms with E-state index in [0.717, 1.165) is 30.0 Å². The summed E-state index contributed by atoms with van der Waals surface area (Å²) in [6.07, 6.45) is 2.91. The van der Waals surface area contributed by atoms with Gasteiger partial charge in [0, 0.05) is 6.04 Å². The second kappa shape index (κ2) is 3.79. The molecule has 1 unspecified atom stereocenters. The fraction of sp³-hybridized carbons (Fsp3) is 0.455. The molecular weight excluding hydrogens is 198 g/mol. The summed E-state index contributed by atoms with van der Waals surface area (Å²) in [5.41, 5.74) is 8.38. The number of fused-ring (bicyclic) bond motifs is 1. The Hall–Kier alpha value is -0.730. The van der Waals surface area contributed by atoms with Gasteiger partial charge in [-0.1, -0.05) is 17.7 Å². The van der Waals surface area contributed by atoms with E-state index in [1.807, 2.05) is 6.07 Å². The highest BCUT2D eigenvalue weighted by atomic mass is 35.5. The van der Waals surface area contributed by atoms with Crippen LogP contribution in [-0.4, -0.2) is 13.2 Å². The SMILES string of the molecule is COc1ccc2c(c1Cl)CCC(N)C2. The van der Waals surface area contributed by atoms with Crippen LogP contribution in [0.25, 0.3) is 0 Å². The van der Waals surface area contributed by atoms with Crippen molar-refractivity contribution in [1.82, 2.24) is 0 Å². The number of ether oxygens (including phenoxy) is 1. The third kappa shape index (κ3) is 1.60. The molecule has 1 aromatic rings. The fourth-order valence-corrected chi connectivity index (χ4v) is 2.33. The quantitative estimate of drug-likeness (QED) is 0.773. The number of halogens is 1. The summed E-state index contributed by atoms with van der Waals surface area (Å²) in [5.74, 6) is 0.765. The molecule has 2 rings (SSSR count). The number of nitrogens with two attached hydrogens (primary N) is 1. The standard InChI is InChI=1S/C11H14ClNO/c1-14-10-5-2-7-6-8(13)3-4-9(7)11(10)12/h2,5,8H,3-4,6,13H2,1H3. The van der Waals surface area contributed by atoms with Gasteiger partial charge in [-0.2, -0.15) is 0 Å². The molecular formula is C11H14ClNO. The van der Waals surface area contributed by atoms with E-state index in [9.17, 15) is 0 Å². The van der Waals surface area contributed by atoms with Gasteiger partial charge in [0.15, 0.2) is 0 Å². The highest BCUT2D eigenvalue weighted by Crippen LogP contribution is 2.34. The van der Waals surface area contributed by atoms with Gasteiger partial charge >= 0.3 is 0 Å². The summed E-state index contributed by atoms with van der Waals surface area (Å²) >= 11 is 6.21. The molecule has 0 spiro atoms. The van der Waals surface area contributed by atoms with Gasteiger partial charge in [0.1, 0.15) is 5.75 Å². The molecule has 0 aliphatic heterocycles. The highest BCUT2D eigenvalue weighted by Gasteiger charge is 2.19. The van der Waals surface area contributed by atoms with E-state index < -0.39 is 0 Å². The lowest BCUT2D eigenvalue weighted by Crippen LogP contribution is -2.27. The molecule has 3 heteroatoms. The smallest absolute Gasteiger partial charge is 0.137 e. The molecule has 0 radical (unpaired) electrons. The van der Waals surface area contributed by atoms with E-state index in [-0.39, 0.29) is 6.04 Å². The number of hydrogen-bond donors (Lipinski definition) is 1. The van der Waals surface area contributed by atoms with Crippen molar-refractivity contribution in [2.45, 2.75) is 25.3 Å². The largest absolute Gasteiger partial charge is 0.495 e. The van der Waals surface area contributed by atoms with Gasteiger partial charge in [0.2, 0.25) is 0 Å². The summed E-state index contributed by atoms with van der Waals surface area (Å²) < 4.78 is 5.17. The van der Waals surface area contributed by atoms with E-state index in [1.165, 1.54) is 11.1 Å². The van der Waals surface area contributed by atoms with Crippen molar-refractivity contribution in [2.75, 3.05) is 7.11 Å². The van der Waals surface area contributed by atoms with Crippen molar-refractivity contribution >= 4 is 11.6 Å². The second-order valence-corrected chi connectivity index (χ2v) is 4.10. The van der Waals surface area contributed by atoms with Gasteiger partial charge in [0.05, 0.1) is 12.1 Å². The Bertz CT molecular complexity index is 351. The fourth-order valence-electron chi connectivity index (χ4n) is 1.97. The minimum atomic E-state index is 0.284. The molecule has 2 nitrogen and oxygen atoms in total. The van der Waals surface area contributed by atoms with Crippen molar-refractivity contribution < 1.29 is 4.74 Å². The lowest BCUT2D eigenvalue weighted by atomic mass is 9.88. The first-order chi connectivity index (χ1) is 6.72. The van der Waals surface area contributed by atoms with Crippen LogP contribution in [0.4, 0.5) is 0 Å². The second-order valence-electron chi connectivity index (χ2n) is 3.72. The van der Waals surface area contributed by atoms with Crippen LogP contribution in [-0.2, 0) is 12.8 Å². The first-order valence-corrected chi connectivity index (χ1v) is 5.20. The summed E-state index contributed by atoms with van der Waals surface area (Å²) in [7, 11) is 1.64. The van der Waals surface area contributed by atoms with Crippen LogP contribution in [0.1, 0.15) is 17.5 Å². The van der Waals surface area contributed by atoms with Crippen LogP contribution < -0.4 is 10.5 Å². The van der Waals surface area contributed by atoms with Crippen LogP contribution >= 0.6 is 11.6 Å². The Morgan fingerprint density at radius 3 is 3.00 bits per heavy atom. The van der Waals surface area contributed by atoms with Crippen molar-refractivity contribution in [3.05, 3.63) is 28.3 Å². The maximum Gasteiger partial charge on any atom is 0.137 e. The van der Waals surface area contributed by atoms with Crippen molar-refractivity contribution in [1.29, 1.82) is 0 Å². The Morgan fingerprint density at radius 1 is 1.50 bits per heavy atom. The normalized spacial score (nSPS) is 20.4. The highest BCUT2D eigenvalue weighted by molar-refractivity contribution is 6.33. The Kier molecular flexibility index (Phi) is 2.66. The summed E-state index contributed by atoms with van der Waals surface area (Å²) in [6.45, 7) is 0. The monoisotopic (exact) mass is 211 g/mol. The molecule has 0 saturated heterocycles.